The van der Waals surface area contributed by atoms with Crippen molar-refractivity contribution in [3.8, 4) is 0 Å². The number of carbonyl (C=O) groups excluding carboxylic acids is 1. The van der Waals surface area contributed by atoms with Gasteiger partial charge in [0.1, 0.15) is 5.58 Å². The molecule has 8 heteroatoms. The van der Waals surface area contributed by atoms with E-state index in [1.54, 1.807) is 31.5 Å². The van der Waals surface area contributed by atoms with Gasteiger partial charge >= 0.3 is 5.76 Å². The highest BCUT2D eigenvalue weighted by molar-refractivity contribution is 5.94. The smallest absolute Gasteiger partial charge is 0.419 e. The van der Waals surface area contributed by atoms with Crippen LogP contribution in [0.3, 0.4) is 0 Å². The van der Waals surface area contributed by atoms with Gasteiger partial charge in [-0.1, -0.05) is 12.1 Å². The SMILES string of the molecule is Cn1c(=O)oc2cc(NC(=O)CN3CCOCC(Cc4cccc5occc45)C3)ccc21. The molecule has 1 aliphatic rings. The van der Waals surface area contributed by atoms with E-state index in [1.165, 1.54) is 10.1 Å². The second-order valence-electron chi connectivity index (χ2n) is 8.29. The summed E-state index contributed by atoms with van der Waals surface area (Å²) < 4.78 is 18.0. The predicted molar refractivity (Wildman–Crippen MR) is 121 cm³/mol. The summed E-state index contributed by atoms with van der Waals surface area (Å²) in [5, 5.41) is 4.04. The summed E-state index contributed by atoms with van der Waals surface area (Å²) in [5.41, 5.74) is 3.86. The zero-order valence-electron chi connectivity index (χ0n) is 17.9. The molecule has 5 rings (SSSR count). The Morgan fingerprint density at radius 1 is 1.19 bits per heavy atom. The third kappa shape index (κ3) is 4.19. The maximum absolute atomic E-state index is 12.7. The fraction of sp³-hybridized carbons (Fsp3) is 0.333. The van der Waals surface area contributed by atoms with E-state index in [0.29, 0.717) is 36.5 Å². The van der Waals surface area contributed by atoms with E-state index in [-0.39, 0.29) is 18.4 Å². The molecule has 166 valence electrons. The van der Waals surface area contributed by atoms with Crippen molar-refractivity contribution in [3.05, 3.63) is 64.8 Å². The lowest BCUT2D eigenvalue weighted by Crippen LogP contribution is -2.37. The van der Waals surface area contributed by atoms with E-state index in [9.17, 15) is 9.59 Å². The highest BCUT2D eigenvalue weighted by Gasteiger charge is 2.22. The Morgan fingerprint density at radius 2 is 2.09 bits per heavy atom. The molecule has 2 aromatic heterocycles. The number of benzene rings is 2. The Morgan fingerprint density at radius 3 is 3.00 bits per heavy atom. The second-order valence-corrected chi connectivity index (χ2v) is 8.29. The monoisotopic (exact) mass is 435 g/mol. The van der Waals surface area contributed by atoms with Crippen LogP contribution in [0.25, 0.3) is 22.1 Å². The number of furan rings is 1. The van der Waals surface area contributed by atoms with Crippen LogP contribution in [0, 0.1) is 5.92 Å². The Labute approximate surface area is 184 Å². The number of oxazole rings is 1. The van der Waals surface area contributed by atoms with Crippen molar-refractivity contribution in [2.45, 2.75) is 6.42 Å². The number of nitrogens with zero attached hydrogens (tertiary/aromatic N) is 2. The number of aryl methyl sites for hydroxylation is 1. The van der Waals surface area contributed by atoms with Crippen LogP contribution in [0.1, 0.15) is 5.56 Å². The molecule has 1 atom stereocenters. The van der Waals surface area contributed by atoms with Crippen LogP contribution in [0.2, 0.25) is 0 Å². The predicted octanol–water partition coefficient (Wildman–Crippen LogP) is 3.01. The van der Waals surface area contributed by atoms with Gasteiger partial charge < -0.3 is 18.9 Å². The first kappa shape index (κ1) is 20.5. The number of hydrogen-bond acceptors (Lipinski definition) is 6. The van der Waals surface area contributed by atoms with Gasteiger partial charge in [0.2, 0.25) is 5.91 Å². The molecule has 1 unspecified atom stereocenters. The zero-order valence-corrected chi connectivity index (χ0v) is 17.9. The second kappa shape index (κ2) is 8.64. The van der Waals surface area contributed by atoms with Crippen LogP contribution in [0.4, 0.5) is 5.69 Å². The quantitative estimate of drug-likeness (QED) is 0.518. The summed E-state index contributed by atoms with van der Waals surface area (Å²) in [6, 6.07) is 13.3. The number of carbonyl (C=O) groups is 1. The van der Waals surface area contributed by atoms with Crippen molar-refractivity contribution in [2.75, 3.05) is 38.2 Å². The molecule has 8 nitrogen and oxygen atoms in total. The molecule has 32 heavy (non-hydrogen) atoms. The number of rotatable bonds is 5. The number of amides is 1. The number of anilines is 1. The molecule has 3 heterocycles. The fourth-order valence-corrected chi connectivity index (χ4v) is 4.38. The van der Waals surface area contributed by atoms with E-state index >= 15 is 0 Å². The molecule has 0 spiro atoms. The third-order valence-corrected chi connectivity index (χ3v) is 5.96. The van der Waals surface area contributed by atoms with Gasteiger partial charge in [-0.3, -0.25) is 14.3 Å². The van der Waals surface area contributed by atoms with Gasteiger partial charge in [0.05, 0.1) is 31.5 Å². The minimum atomic E-state index is -0.426. The first-order valence-electron chi connectivity index (χ1n) is 10.7. The molecule has 1 saturated heterocycles. The van der Waals surface area contributed by atoms with Crippen LogP contribution in [0.15, 0.2) is 62.4 Å². The molecule has 0 radical (unpaired) electrons. The van der Waals surface area contributed by atoms with Crippen LogP contribution < -0.4 is 11.1 Å². The lowest BCUT2D eigenvalue weighted by molar-refractivity contribution is -0.117. The molecule has 0 saturated carbocycles. The Balaban J connectivity index is 1.23. The Bertz CT molecular complexity index is 1320. The summed E-state index contributed by atoms with van der Waals surface area (Å²) in [6.45, 7) is 3.00. The Hall–Kier alpha value is -3.36. The number of hydrogen-bond donors (Lipinski definition) is 1. The minimum Gasteiger partial charge on any atom is -0.464 e. The van der Waals surface area contributed by atoms with Gasteiger partial charge in [0, 0.05) is 37.3 Å². The van der Waals surface area contributed by atoms with Gasteiger partial charge in [-0.05, 0) is 42.2 Å². The summed E-state index contributed by atoms with van der Waals surface area (Å²) in [7, 11) is 1.65. The molecule has 4 aromatic rings. The molecule has 2 aromatic carbocycles. The maximum atomic E-state index is 12.7. The first-order chi connectivity index (χ1) is 15.6. The van der Waals surface area contributed by atoms with Crippen molar-refractivity contribution in [1.29, 1.82) is 0 Å². The molecule has 1 amide bonds. The molecule has 1 aliphatic heterocycles. The molecule has 0 aliphatic carbocycles. The van der Waals surface area contributed by atoms with Crippen molar-refractivity contribution in [1.82, 2.24) is 9.47 Å². The molecular formula is C24H25N3O5. The van der Waals surface area contributed by atoms with E-state index < -0.39 is 5.76 Å². The lowest BCUT2D eigenvalue weighted by Gasteiger charge is -2.23. The summed E-state index contributed by atoms with van der Waals surface area (Å²) in [6.07, 6.45) is 2.57. The largest absolute Gasteiger partial charge is 0.464 e. The average Bonchev–Trinajstić information content (AvgIpc) is 3.28. The number of aromatic nitrogens is 1. The van der Waals surface area contributed by atoms with Gasteiger partial charge in [0.25, 0.3) is 0 Å². The topological polar surface area (TPSA) is 89.9 Å². The molecule has 0 bridgehead atoms. The summed E-state index contributed by atoms with van der Waals surface area (Å²) in [5.74, 6) is -0.258. The number of ether oxygens (including phenoxy) is 1. The van der Waals surface area contributed by atoms with E-state index in [0.717, 1.165) is 23.9 Å². The maximum Gasteiger partial charge on any atom is 0.419 e. The standard InChI is InChI=1S/C24H25N3O5/c1-26-20-6-5-18(12-22(20)32-24(26)29)25-23(28)14-27-8-10-30-15-16(13-27)11-17-3-2-4-21-19(17)7-9-31-21/h2-7,9,12,16H,8,10-11,13-15H2,1H3,(H,25,28). The number of fused-ring (bicyclic) bond motifs is 2. The van der Waals surface area contributed by atoms with Gasteiger partial charge in [0.15, 0.2) is 5.58 Å². The van der Waals surface area contributed by atoms with Crippen LogP contribution in [-0.4, -0.2) is 48.2 Å². The fourth-order valence-electron chi connectivity index (χ4n) is 4.38. The minimum absolute atomic E-state index is 0.111. The van der Waals surface area contributed by atoms with Gasteiger partial charge in [-0.15, -0.1) is 0 Å². The highest BCUT2D eigenvalue weighted by atomic mass is 16.5. The third-order valence-electron chi connectivity index (χ3n) is 5.96. The normalized spacial score (nSPS) is 17.6. The van der Waals surface area contributed by atoms with Crippen molar-refractivity contribution in [2.24, 2.45) is 13.0 Å². The lowest BCUT2D eigenvalue weighted by atomic mass is 9.97. The Kier molecular flexibility index (Phi) is 5.55. The highest BCUT2D eigenvalue weighted by Crippen LogP contribution is 2.24. The van der Waals surface area contributed by atoms with E-state index in [2.05, 4.69) is 16.3 Å². The van der Waals surface area contributed by atoms with Crippen LogP contribution in [-0.2, 0) is 23.0 Å². The van der Waals surface area contributed by atoms with Crippen molar-refractivity contribution < 1.29 is 18.4 Å². The van der Waals surface area contributed by atoms with Gasteiger partial charge in [-0.25, -0.2) is 4.79 Å². The molecule has 1 fully saturated rings. The molecular weight excluding hydrogens is 410 g/mol. The van der Waals surface area contributed by atoms with E-state index in [4.69, 9.17) is 13.6 Å². The van der Waals surface area contributed by atoms with E-state index in [1.807, 2.05) is 18.2 Å². The van der Waals surface area contributed by atoms with Crippen LogP contribution >= 0.6 is 0 Å². The zero-order chi connectivity index (χ0) is 22.1. The first-order valence-corrected chi connectivity index (χ1v) is 10.7. The number of nitrogens with one attached hydrogen (secondary N) is 1. The van der Waals surface area contributed by atoms with Crippen LogP contribution in [0.5, 0.6) is 0 Å². The summed E-state index contributed by atoms with van der Waals surface area (Å²) in [4.78, 5) is 26.5. The van der Waals surface area contributed by atoms with Gasteiger partial charge in [-0.2, -0.15) is 0 Å². The molecule has 1 N–H and O–H groups in total. The summed E-state index contributed by atoms with van der Waals surface area (Å²) >= 11 is 0. The van der Waals surface area contributed by atoms with Crippen molar-refractivity contribution >= 4 is 33.7 Å². The average molecular weight is 435 g/mol. The van der Waals surface area contributed by atoms with Crippen molar-refractivity contribution in [3.63, 3.8) is 0 Å².